The van der Waals surface area contributed by atoms with E-state index in [1.807, 2.05) is 12.1 Å². The lowest BCUT2D eigenvalue weighted by molar-refractivity contribution is 0.415. The fourth-order valence-corrected chi connectivity index (χ4v) is 6.64. The van der Waals surface area contributed by atoms with E-state index in [0.29, 0.717) is 0 Å². The van der Waals surface area contributed by atoms with E-state index in [-0.39, 0.29) is 0 Å². The van der Waals surface area contributed by atoms with Crippen LogP contribution in [0.2, 0.25) is 0 Å². The SMILES string of the molecule is COc1ccc(-c2c(-c3ccc4ccc5cccc6ccc3c4c56)cc(N3CCCCC3)c(C#N)c2C)cc1. The zero-order valence-corrected chi connectivity index (χ0v) is 22.4. The molecular formula is C36H30N2O. The first-order valence-corrected chi connectivity index (χ1v) is 13.8. The summed E-state index contributed by atoms with van der Waals surface area (Å²) in [5, 5.41) is 18.1. The van der Waals surface area contributed by atoms with E-state index < -0.39 is 0 Å². The molecule has 6 aromatic rings. The van der Waals surface area contributed by atoms with E-state index in [1.165, 1.54) is 49.9 Å². The number of nitriles is 1. The summed E-state index contributed by atoms with van der Waals surface area (Å²) in [6.07, 6.45) is 3.58. The highest BCUT2D eigenvalue weighted by Crippen LogP contribution is 2.46. The van der Waals surface area contributed by atoms with E-state index >= 15 is 0 Å². The van der Waals surface area contributed by atoms with Crippen LogP contribution in [0, 0.1) is 18.3 Å². The van der Waals surface area contributed by atoms with Crippen molar-refractivity contribution in [2.75, 3.05) is 25.1 Å². The third kappa shape index (κ3) is 3.71. The van der Waals surface area contributed by atoms with Crippen LogP contribution in [0.5, 0.6) is 5.75 Å². The molecule has 0 atom stereocenters. The molecule has 190 valence electrons. The first kappa shape index (κ1) is 23.6. The van der Waals surface area contributed by atoms with Crippen molar-refractivity contribution >= 4 is 38.0 Å². The second kappa shape index (κ2) is 9.33. The average Bonchev–Trinajstić information content (AvgIpc) is 3.00. The molecule has 1 fully saturated rings. The number of ether oxygens (including phenoxy) is 1. The Morgan fingerprint density at radius 2 is 1.41 bits per heavy atom. The van der Waals surface area contributed by atoms with Gasteiger partial charge in [0, 0.05) is 13.1 Å². The molecule has 3 heteroatoms. The van der Waals surface area contributed by atoms with Crippen LogP contribution >= 0.6 is 0 Å². The average molecular weight is 507 g/mol. The molecular weight excluding hydrogens is 476 g/mol. The Balaban J connectivity index is 1.58. The van der Waals surface area contributed by atoms with Gasteiger partial charge in [0.15, 0.2) is 0 Å². The van der Waals surface area contributed by atoms with Gasteiger partial charge in [-0.15, -0.1) is 0 Å². The van der Waals surface area contributed by atoms with E-state index in [1.54, 1.807) is 7.11 Å². The van der Waals surface area contributed by atoms with Crippen molar-refractivity contribution in [3.8, 4) is 34.1 Å². The molecule has 1 aliphatic heterocycles. The third-order valence-corrected chi connectivity index (χ3v) is 8.56. The summed E-state index contributed by atoms with van der Waals surface area (Å²) in [6.45, 7) is 4.10. The Morgan fingerprint density at radius 3 is 2.10 bits per heavy atom. The minimum atomic E-state index is 0.782. The van der Waals surface area contributed by atoms with E-state index in [2.05, 4.69) is 90.7 Å². The number of rotatable bonds is 4. The monoisotopic (exact) mass is 506 g/mol. The molecule has 0 aromatic heterocycles. The summed E-state index contributed by atoms with van der Waals surface area (Å²) in [4.78, 5) is 2.42. The topological polar surface area (TPSA) is 36.3 Å². The molecule has 0 radical (unpaired) electrons. The fraction of sp³-hybridized carbons (Fsp3) is 0.194. The van der Waals surface area contributed by atoms with Gasteiger partial charge in [-0.2, -0.15) is 5.26 Å². The summed E-state index contributed by atoms with van der Waals surface area (Å²) < 4.78 is 5.46. The molecule has 39 heavy (non-hydrogen) atoms. The van der Waals surface area contributed by atoms with Crippen LogP contribution in [0.3, 0.4) is 0 Å². The van der Waals surface area contributed by atoms with E-state index in [0.717, 1.165) is 59.6 Å². The lowest BCUT2D eigenvalue weighted by Crippen LogP contribution is -2.30. The van der Waals surface area contributed by atoms with Crippen LogP contribution < -0.4 is 9.64 Å². The Labute approximate surface area is 229 Å². The molecule has 0 amide bonds. The summed E-state index contributed by atoms with van der Waals surface area (Å²) in [5.41, 5.74) is 7.47. The van der Waals surface area contributed by atoms with Crippen molar-refractivity contribution in [1.29, 1.82) is 5.26 Å². The predicted octanol–water partition coefficient (Wildman–Crippen LogP) is 9.10. The largest absolute Gasteiger partial charge is 0.497 e. The van der Waals surface area contributed by atoms with Crippen LogP contribution in [-0.4, -0.2) is 20.2 Å². The molecule has 0 bridgehead atoms. The van der Waals surface area contributed by atoms with Gasteiger partial charge in [0.05, 0.1) is 18.4 Å². The maximum absolute atomic E-state index is 10.4. The van der Waals surface area contributed by atoms with Crippen molar-refractivity contribution in [2.24, 2.45) is 0 Å². The van der Waals surface area contributed by atoms with Gasteiger partial charge < -0.3 is 9.64 Å². The van der Waals surface area contributed by atoms with E-state index in [4.69, 9.17) is 4.74 Å². The van der Waals surface area contributed by atoms with Crippen molar-refractivity contribution in [2.45, 2.75) is 26.2 Å². The zero-order valence-electron chi connectivity index (χ0n) is 22.4. The summed E-state index contributed by atoms with van der Waals surface area (Å²) >= 11 is 0. The molecule has 1 saturated heterocycles. The number of hydrogen-bond acceptors (Lipinski definition) is 3. The molecule has 1 aliphatic rings. The lowest BCUT2D eigenvalue weighted by atomic mass is 9.84. The summed E-state index contributed by atoms with van der Waals surface area (Å²) in [7, 11) is 1.69. The highest BCUT2D eigenvalue weighted by atomic mass is 16.5. The molecule has 6 aromatic carbocycles. The quantitative estimate of drug-likeness (QED) is 0.224. The summed E-state index contributed by atoms with van der Waals surface area (Å²) in [5.74, 6) is 0.825. The zero-order chi connectivity index (χ0) is 26.5. The predicted molar refractivity (Wildman–Crippen MR) is 163 cm³/mol. The van der Waals surface area contributed by atoms with Gasteiger partial charge in [0.2, 0.25) is 0 Å². The molecule has 0 unspecified atom stereocenters. The van der Waals surface area contributed by atoms with E-state index in [9.17, 15) is 5.26 Å². The molecule has 0 aliphatic carbocycles. The van der Waals surface area contributed by atoms with Crippen LogP contribution in [0.1, 0.15) is 30.4 Å². The summed E-state index contributed by atoms with van der Waals surface area (Å²) in [6, 6.07) is 33.2. The van der Waals surface area contributed by atoms with Crippen LogP contribution in [0.25, 0.3) is 54.6 Å². The smallest absolute Gasteiger partial charge is 0.118 e. The number of hydrogen-bond donors (Lipinski definition) is 0. The highest BCUT2D eigenvalue weighted by molar-refractivity contribution is 6.25. The maximum atomic E-state index is 10.4. The van der Waals surface area contributed by atoms with Crippen molar-refractivity contribution in [1.82, 2.24) is 0 Å². The van der Waals surface area contributed by atoms with Crippen molar-refractivity contribution in [3.63, 3.8) is 0 Å². The lowest BCUT2D eigenvalue weighted by Gasteiger charge is -2.31. The minimum Gasteiger partial charge on any atom is -0.497 e. The number of benzene rings is 6. The van der Waals surface area contributed by atoms with Gasteiger partial charge in [0.1, 0.15) is 11.8 Å². The second-order valence-electron chi connectivity index (χ2n) is 10.7. The molecule has 0 spiro atoms. The van der Waals surface area contributed by atoms with Gasteiger partial charge >= 0.3 is 0 Å². The maximum Gasteiger partial charge on any atom is 0.118 e. The Hall–Kier alpha value is -4.55. The number of nitrogens with zero attached hydrogens (tertiary/aromatic N) is 2. The molecule has 0 saturated carbocycles. The van der Waals surface area contributed by atoms with Crippen LogP contribution in [0.15, 0.2) is 84.9 Å². The normalized spacial score (nSPS) is 13.8. The first-order valence-electron chi connectivity index (χ1n) is 13.8. The van der Waals surface area contributed by atoms with Crippen LogP contribution in [-0.2, 0) is 0 Å². The van der Waals surface area contributed by atoms with Crippen molar-refractivity contribution < 1.29 is 4.74 Å². The third-order valence-electron chi connectivity index (χ3n) is 8.56. The fourth-order valence-electron chi connectivity index (χ4n) is 6.64. The molecule has 1 heterocycles. The van der Waals surface area contributed by atoms with Gasteiger partial charge in [-0.25, -0.2) is 0 Å². The van der Waals surface area contributed by atoms with Gasteiger partial charge in [0.25, 0.3) is 0 Å². The van der Waals surface area contributed by atoms with Crippen LogP contribution in [0.4, 0.5) is 5.69 Å². The number of methoxy groups -OCH3 is 1. The van der Waals surface area contributed by atoms with Gasteiger partial charge in [-0.1, -0.05) is 66.7 Å². The number of anilines is 1. The minimum absolute atomic E-state index is 0.782. The van der Waals surface area contributed by atoms with Gasteiger partial charge in [-0.3, -0.25) is 0 Å². The Kier molecular flexibility index (Phi) is 5.63. The van der Waals surface area contributed by atoms with Gasteiger partial charge in [-0.05, 0) is 105 Å². The first-order chi connectivity index (χ1) is 19.2. The molecule has 3 nitrogen and oxygen atoms in total. The Bertz CT molecular complexity index is 1870. The number of piperidine rings is 1. The second-order valence-corrected chi connectivity index (χ2v) is 10.7. The Morgan fingerprint density at radius 1 is 0.744 bits per heavy atom. The molecule has 7 rings (SSSR count). The molecule has 0 N–H and O–H groups in total. The highest BCUT2D eigenvalue weighted by Gasteiger charge is 2.24. The van der Waals surface area contributed by atoms with Crippen molar-refractivity contribution in [3.05, 3.63) is 96.1 Å². The standard InChI is InChI=1S/C36H30N2O/c1-23-32(22-37)33(38-19-4-3-5-20-38)21-31(34(23)26-11-15-28(39-2)16-12-26)29-17-13-27-10-9-24-7-6-8-25-14-18-30(29)36(27)35(24)25/h6-18,21H,3-5,19-20H2,1-2H3.